The maximum Gasteiger partial charge on any atom is 0.140 e. The summed E-state index contributed by atoms with van der Waals surface area (Å²) in [6, 6.07) is 2.86. The highest BCUT2D eigenvalue weighted by atomic mass is 79.9. The monoisotopic (exact) mass is 255 g/mol. The Morgan fingerprint density at radius 1 is 1.57 bits per heavy atom. The third-order valence-electron chi connectivity index (χ3n) is 2.60. The van der Waals surface area contributed by atoms with Gasteiger partial charge in [-0.1, -0.05) is 0 Å². The average Bonchev–Trinajstić information content (AvgIpc) is 2.10. The summed E-state index contributed by atoms with van der Waals surface area (Å²) in [4.78, 5) is 4.29. The van der Waals surface area contributed by atoms with Crippen LogP contribution in [0.1, 0.15) is 18.4 Å². The van der Waals surface area contributed by atoms with Gasteiger partial charge in [-0.3, -0.25) is 0 Å². The van der Waals surface area contributed by atoms with E-state index < -0.39 is 0 Å². The van der Waals surface area contributed by atoms with E-state index in [0.717, 1.165) is 23.1 Å². The number of rotatable bonds is 2. The molecule has 1 saturated carbocycles. The van der Waals surface area contributed by atoms with Crippen molar-refractivity contribution in [2.24, 2.45) is 5.73 Å². The molecule has 0 atom stereocenters. The molecule has 1 aromatic rings. The van der Waals surface area contributed by atoms with Gasteiger partial charge in [-0.15, -0.1) is 0 Å². The lowest BCUT2D eigenvalue weighted by Gasteiger charge is -2.33. The van der Waals surface area contributed by atoms with Gasteiger partial charge in [0, 0.05) is 18.3 Å². The van der Waals surface area contributed by atoms with Crippen molar-refractivity contribution < 1.29 is 0 Å². The zero-order valence-corrected chi connectivity index (χ0v) is 9.71. The Labute approximate surface area is 92.2 Å². The van der Waals surface area contributed by atoms with E-state index >= 15 is 0 Å². The Bertz CT molecular complexity index is 334. The van der Waals surface area contributed by atoms with Gasteiger partial charge in [-0.05, 0) is 47.3 Å². The molecular formula is C10H14BrN3. The summed E-state index contributed by atoms with van der Waals surface area (Å²) in [5.74, 6) is 0.932. The highest BCUT2D eigenvalue weighted by Gasteiger charge is 2.26. The molecule has 2 rings (SSSR count). The van der Waals surface area contributed by atoms with Crippen LogP contribution in [-0.2, 0) is 0 Å². The van der Waals surface area contributed by atoms with Gasteiger partial charge in [0.25, 0.3) is 0 Å². The SMILES string of the molecule is Cc1ccnc(NC2CC(N)C2)c1Br. The molecule has 14 heavy (non-hydrogen) atoms. The first kappa shape index (κ1) is 9.93. The van der Waals surface area contributed by atoms with E-state index in [-0.39, 0.29) is 0 Å². The Morgan fingerprint density at radius 3 is 2.93 bits per heavy atom. The molecule has 1 heterocycles. The third-order valence-corrected chi connectivity index (χ3v) is 3.60. The van der Waals surface area contributed by atoms with Gasteiger partial charge in [-0.25, -0.2) is 4.98 Å². The highest BCUT2D eigenvalue weighted by molar-refractivity contribution is 9.10. The lowest BCUT2D eigenvalue weighted by Crippen LogP contribution is -2.44. The van der Waals surface area contributed by atoms with E-state index in [1.165, 1.54) is 5.56 Å². The van der Waals surface area contributed by atoms with E-state index in [0.29, 0.717) is 12.1 Å². The summed E-state index contributed by atoms with van der Waals surface area (Å²) in [5, 5.41) is 3.38. The predicted octanol–water partition coefficient (Wildman–Crippen LogP) is 2.05. The van der Waals surface area contributed by atoms with Crippen molar-refractivity contribution in [3.05, 3.63) is 22.3 Å². The highest BCUT2D eigenvalue weighted by Crippen LogP contribution is 2.27. The maximum absolute atomic E-state index is 5.72. The van der Waals surface area contributed by atoms with Gasteiger partial charge in [0.05, 0.1) is 4.47 Å². The van der Waals surface area contributed by atoms with E-state index in [1.807, 2.05) is 12.3 Å². The Kier molecular flexibility index (Phi) is 2.74. The maximum atomic E-state index is 5.72. The van der Waals surface area contributed by atoms with Crippen LogP contribution in [-0.4, -0.2) is 17.1 Å². The number of nitrogens with one attached hydrogen (secondary N) is 1. The van der Waals surface area contributed by atoms with E-state index in [9.17, 15) is 0 Å². The van der Waals surface area contributed by atoms with Crippen LogP contribution in [0.3, 0.4) is 0 Å². The Morgan fingerprint density at radius 2 is 2.29 bits per heavy atom. The molecule has 3 nitrogen and oxygen atoms in total. The minimum atomic E-state index is 0.371. The number of nitrogens with zero attached hydrogens (tertiary/aromatic N) is 1. The minimum absolute atomic E-state index is 0.371. The molecule has 0 spiro atoms. The molecule has 0 bridgehead atoms. The van der Waals surface area contributed by atoms with Gasteiger partial charge in [0.1, 0.15) is 5.82 Å². The number of aromatic nitrogens is 1. The van der Waals surface area contributed by atoms with Crippen molar-refractivity contribution in [2.75, 3.05) is 5.32 Å². The average molecular weight is 256 g/mol. The van der Waals surface area contributed by atoms with E-state index in [2.05, 4.69) is 33.2 Å². The molecule has 4 heteroatoms. The molecule has 1 fully saturated rings. The van der Waals surface area contributed by atoms with Crippen LogP contribution >= 0.6 is 15.9 Å². The molecular weight excluding hydrogens is 242 g/mol. The second kappa shape index (κ2) is 3.87. The van der Waals surface area contributed by atoms with E-state index in [1.54, 1.807) is 0 Å². The summed E-state index contributed by atoms with van der Waals surface area (Å²) in [7, 11) is 0. The van der Waals surface area contributed by atoms with Crippen molar-refractivity contribution in [3.8, 4) is 0 Å². The molecule has 1 aliphatic carbocycles. The Balaban J connectivity index is 2.06. The fourth-order valence-corrected chi connectivity index (χ4v) is 1.96. The summed E-state index contributed by atoms with van der Waals surface area (Å²) in [6.07, 6.45) is 3.91. The number of halogens is 1. The lowest BCUT2D eigenvalue weighted by molar-refractivity contribution is 0.373. The van der Waals surface area contributed by atoms with Gasteiger partial charge < -0.3 is 11.1 Å². The van der Waals surface area contributed by atoms with Crippen molar-refractivity contribution >= 4 is 21.7 Å². The number of pyridine rings is 1. The van der Waals surface area contributed by atoms with Gasteiger partial charge in [-0.2, -0.15) is 0 Å². The number of hydrogen-bond donors (Lipinski definition) is 2. The largest absolute Gasteiger partial charge is 0.366 e. The van der Waals surface area contributed by atoms with Crippen molar-refractivity contribution in [2.45, 2.75) is 31.8 Å². The number of nitrogens with two attached hydrogens (primary N) is 1. The second-order valence-corrected chi connectivity index (χ2v) is 4.66. The minimum Gasteiger partial charge on any atom is -0.366 e. The predicted molar refractivity (Wildman–Crippen MR) is 61.3 cm³/mol. The zero-order valence-electron chi connectivity index (χ0n) is 8.13. The topological polar surface area (TPSA) is 50.9 Å². The molecule has 3 N–H and O–H groups in total. The fraction of sp³-hybridized carbons (Fsp3) is 0.500. The van der Waals surface area contributed by atoms with Gasteiger partial charge in [0.15, 0.2) is 0 Å². The van der Waals surface area contributed by atoms with E-state index in [4.69, 9.17) is 5.73 Å². The first-order valence-electron chi connectivity index (χ1n) is 4.80. The lowest BCUT2D eigenvalue weighted by atomic mass is 9.88. The summed E-state index contributed by atoms with van der Waals surface area (Å²) in [5.41, 5.74) is 6.92. The quantitative estimate of drug-likeness (QED) is 0.851. The number of hydrogen-bond acceptors (Lipinski definition) is 3. The molecule has 0 amide bonds. The molecule has 0 unspecified atom stereocenters. The molecule has 1 aliphatic rings. The van der Waals surface area contributed by atoms with Crippen LogP contribution in [0.2, 0.25) is 0 Å². The molecule has 1 aromatic heterocycles. The van der Waals surface area contributed by atoms with Crippen LogP contribution in [0.5, 0.6) is 0 Å². The van der Waals surface area contributed by atoms with Crippen molar-refractivity contribution in [1.82, 2.24) is 4.98 Å². The van der Waals surface area contributed by atoms with Crippen LogP contribution in [0.15, 0.2) is 16.7 Å². The molecule has 0 saturated heterocycles. The van der Waals surface area contributed by atoms with Crippen LogP contribution in [0, 0.1) is 6.92 Å². The normalized spacial score (nSPS) is 25.6. The Hall–Kier alpha value is -0.610. The van der Waals surface area contributed by atoms with Crippen LogP contribution in [0.4, 0.5) is 5.82 Å². The van der Waals surface area contributed by atoms with Gasteiger partial charge >= 0.3 is 0 Å². The molecule has 0 radical (unpaired) electrons. The summed E-state index contributed by atoms with van der Waals surface area (Å²) >= 11 is 3.52. The molecule has 0 aromatic carbocycles. The smallest absolute Gasteiger partial charge is 0.140 e. The van der Waals surface area contributed by atoms with Crippen LogP contribution in [0.25, 0.3) is 0 Å². The van der Waals surface area contributed by atoms with Gasteiger partial charge in [0.2, 0.25) is 0 Å². The van der Waals surface area contributed by atoms with Crippen molar-refractivity contribution in [1.29, 1.82) is 0 Å². The number of aryl methyl sites for hydroxylation is 1. The van der Waals surface area contributed by atoms with Crippen molar-refractivity contribution in [3.63, 3.8) is 0 Å². The fourth-order valence-electron chi connectivity index (χ4n) is 1.61. The third kappa shape index (κ3) is 1.91. The first-order chi connectivity index (χ1) is 6.66. The van der Waals surface area contributed by atoms with Crippen LogP contribution < -0.4 is 11.1 Å². The summed E-state index contributed by atoms with van der Waals surface area (Å²) < 4.78 is 1.06. The standard InChI is InChI=1S/C10H14BrN3/c1-6-2-3-13-10(9(6)11)14-8-4-7(12)5-8/h2-3,7-8H,4-5,12H2,1H3,(H,13,14). The second-order valence-electron chi connectivity index (χ2n) is 3.86. The zero-order chi connectivity index (χ0) is 10.1. The molecule has 0 aliphatic heterocycles. The number of anilines is 1. The summed E-state index contributed by atoms with van der Waals surface area (Å²) in [6.45, 7) is 2.06. The molecule has 76 valence electrons. The first-order valence-corrected chi connectivity index (χ1v) is 5.59.